The number of hydrogen-bond donors (Lipinski definition) is 3. The molecule has 0 aliphatic rings. The Bertz CT molecular complexity index is 384. The van der Waals surface area contributed by atoms with Gasteiger partial charge in [0.25, 0.3) is 0 Å². The molecule has 0 aliphatic heterocycles. The van der Waals surface area contributed by atoms with Gasteiger partial charge in [0.2, 0.25) is 0 Å². The van der Waals surface area contributed by atoms with Crippen LogP contribution in [-0.2, 0) is 6.42 Å². The van der Waals surface area contributed by atoms with Crippen LogP contribution in [0.5, 0.6) is 0 Å². The van der Waals surface area contributed by atoms with E-state index in [1.54, 1.807) is 0 Å². The van der Waals surface area contributed by atoms with E-state index >= 15 is 0 Å². The fourth-order valence-corrected chi connectivity index (χ4v) is 1.93. The van der Waals surface area contributed by atoms with E-state index in [1.807, 2.05) is 20.8 Å². The molecule has 0 radical (unpaired) electrons. The Morgan fingerprint density at radius 2 is 2.21 bits per heavy atom. The first kappa shape index (κ1) is 15.5. The van der Waals surface area contributed by atoms with E-state index < -0.39 is 0 Å². The molecule has 0 saturated heterocycles. The van der Waals surface area contributed by atoms with Gasteiger partial charge in [-0.15, -0.1) is 0 Å². The highest BCUT2D eigenvalue weighted by atomic mass is 16.5. The number of amides is 2. The van der Waals surface area contributed by atoms with Crippen LogP contribution in [0.3, 0.4) is 0 Å². The van der Waals surface area contributed by atoms with E-state index in [0.717, 1.165) is 23.4 Å². The molecule has 1 rings (SSSR count). The van der Waals surface area contributed by atoms with Gasteiger partial charge in [-0.25, -0.2) is 4.79 Å². The molecule has 0 fully saturated rings. The second kappa shape index (κ2) is 7.78. The number of aryl methyl sites for hydroxylation is 2. The number of rotatable bonds is 7. The molecular weight excluding hydrogens is 246 g/mol. The Labute approximate surface area is 113 Å². The van der Waals surface area contributed by atoms with Crippen molar-refractivity contribution >= 4 is 6.03 Å². The van der Waals surface area contributed by atoms with Crippen LogP contribution in [0.4, 0.5) is 4.79 Å². The number of aliphatic hydroxyl groups excluding tert-OH is 1. The molecule has 6 heteroatoms. The summed E-state index contributed by atoms with van der Waals surface area (Å²) in [4.78, 5) is 11.6. The summed E-state index contributed by atoms with van der Waals surface area (Å²) in [5.41, 5.74) is 1.91. The van der Waals surface area contributed by atoms with Crippen molar-refractivity contribution in [2.75, 3.05) is 13.2 Å². The zero-order valence-corrected chi connectivity index (χ0v) is 11.8. The van der Waals surface area contributed by atoms with E-state index in [9.17, 15) is 4.79 Å². The van der Waals surface area contributed by atoms with Gasteiger partial charge in [0.1, 0.15) is 5.76 Å². The first-order valence-electron chi connectivity index (χ1n) is 6.65. The van der Waals surface area contributed by atoms with E-state index in [1.165, 1.54) is 0 Å². The van der Waals surface area contributed by atoms with E-state index in [-0.39, 0.29) is 18.7 Å². The molecule has 0 spiro atoms. The maximum Gasteiger partial charge on any atom is 0.315 e. The Morgan fingerprint density at radius 3 is 2.74 bits per heavy atom. The van der Waals surface area contributed by atoms with Gasteiger partial charge in [-0.3, -0.25) is 0 Å². The van der Waals surface area contributed by atoms with Gasteiger partial charge >= 0.3 is 6.03 Å². The molecule has 0 bridgehead atoms. The molecule has 1 aromatic rings. The minimum absolute atomic E-state index is 0.0177. The van der Waals surface area contributed by atoms with Crippen molar-refractivity contribution in [1.82, 2.24) is 15.8 Å². The van der Waals surface area contributed by atoms with Crippen LogP contribution in [-0.4, -0.2) is 35.5 Å². The summed E-state index contributed by atoms with van der Waals surface area (Å²) in [6, 6.07) is -0.184. The first-order chi connectivity index (χ1) is 9.08. The third kappa shape index (κ3) is 4.90. The molecule has 0 aliphatic carbocycles. The average Bonchev–Trinajstić information content (AvgIpc) is 2.69. The highest BCUT2D eigenvalue weighted by Gasteiger charge is 2.11. The summed E-state index contributed by atoms with van der Waals surface area (Å²) in [6.45, 7) is 6.34. The standard InChI is InChI=1S/C13H23N3O3/c1-4-11(6-8-17)15-13(18)14-7-5-12-9(2)16-19-10(12)3/h11,17H,4-8H2,1-3H3,(H2,14,15,18). The van der Waals surface area contributed by atoms with Gasteiger partial charge in [0.05, 0.1) is 5.69 Å². The summed E-state index contributed by atoms with van der Waals surface area (Å²) >= 11 is 0. The molecule has 1 aromatic heterocycles. The lowest BCUT2D eigenvalue weighted by atomic mass is 10.1. The number of carbonyl (C=O) groups excluding carboxylic acids is 1. The summed E-state index contributed by atoms with van der Waals surface area (Å²) in [5, 5.41) is 18.3. The zero-order chi connectivity index (χ0) is 14.3. The van der Waals surface area contributed by atoms with Crippen molar-refractivity contribution in [2.24, 2.45) is 0 Å². The van der Waals surface area contributed by atoms with Crippen molar-refractivity contribution in [3.8, 4) is 0 Å². The summed E-state index contributed by atoms with van der Waals surface area (Å²) < 4.78 is 5.06. The Hall–Kier alpha value is -1.56. The van der Waals surface area contributed by atoms with Gasteiger partial charge in [-0.2, -0.15) is 0 Å². The predicted molar refractivity (Wildman–Crippen MR) is 72.0 cm³/mol. The molecule has 108 valence electrons. The van der Waals surface area contributed by atoms with Crippen LogP contribution in [0.25, 0.3) is 0 Å². The van der Waals surface area contributed by atoms with Crippen molar-refractivity contribution < 1.29 is 14.4 Å². The number of nitrogens with one attached hydrogen (secondary N) is 2. The predicted octanol–water partition coefficient (Wildman–Crippen LogP) is 1.29. The molecule has 19 heavy (non-hydrogen) atoms. The molecule has 2 amide bonds. The fourth-order valence-electron chi connectivity index (χ4n) is 1.93. The topological polar surface area (TPSA) is 87.4 Å². The van der Waals surface area contributed by atoms with Crippen LogP contribution >= 0.6 is 0 Å². The van der Waals surface area contributed by atoms with Gasteiger partial charge in [0, 0.05) is 24.8 Å². The average molecular weight is 269 g/mol. The molecule has 0 saturated carbocycles. The van der Waals surface area contributed by atoms with Crippen LogP contribution in [0.1, 0.15) is 36.8 Å². The normalized spacial score (nSPS) is 12.2. The van der Waals surface area contributed by atoms with Crippen molar-refractivity contribution in [3.05, 3.63) is 17.0 Å². The highest BCUT2D eigenvalue weighted by Crippen LogP contribution is 2.11. The lowest BCUT2D eigenvalue weighted by Gasteiger charge is -2.16. The number of aromatic nitrogens is 1. The Balaban J connectivity index is 2.31. The summed E-state index contributed by atoms with van der Waals surface area (Å²) in [7, 11) is 0. The lowest BCUT2D eigenvalue weighted by Crippen LogP contribution is -2.42. The SMILES string of the molecule is CCC(CCO)NC(=O)NCCc1c(C)noc1C. The lowest BCUT2D eigenvalue weighted by molar-refractivity contribution is 0.228. The van der Waals surface area contributed by atoms with E-state index in [4.69, 9.17) is 9.63 Å². The van der Waals surface area contributed by atoms with Gasteiger partial charge in [-0.1, -0.05) is 12.1 Å². The molecule has 1 unspecified atom stereocenters. The number of aliphatic hydroxyl groups is 1. The van der Waals surface area contributed by atoms with Crippen molar-refractivity contribution in [1.29, 1.82) is 0 Å². The quantitative estimate of drug-likeness (QED) is 0.696. The van der Waals surface area contributed by atoms with Crippen LogP contribution in [0, 0.1) is 13.8 Å². The molecule has 6 nitrogen and oxygen atoms in total. The second-order valence-corrected chi connectivity index (χ2v) is 4.57. The van der Waals surface area contributed by atoms with Gasteiger partial charge in [-0.05, 0) is 33.1 Å². The minimum Gasteiger partial charge on any atom is -0.396 e. The number of nitrogens with zero attached hydrogens (tertiary/aromatic N) is 1. The summed E-state index contributed by atoms with van der Waals surface area (Å²) in [6.07, 6.45) is 2.08. The highest BCUT2D eigenvalue weighted by molar-refractivity contribution is 5.74. The van der Waals surface area contributed by atoms with Crippen LogP contribution < -0.4 is 10.6 Å². The van der Waals surface area contributed by atoms with Gasteiger partial charge < -0.3 is 20.3 Å². The molecule has 1 atom stereocenters. The maximum atomic E-state index is 11.6. The second-order valence-electron chi connectivity index (χ2n) is 4.57. The van der Waals surface area contributed by atoms with Crippen LogP contribution in [0.2, 0.25) is 0 Å². The Morgan fingerprint density at radius 1 is 1.47 bits per heavy atom. The first-order valence-corrected chi connectivity index (χ1v) is 6.65. The van der Waals surface area contributed by atoms with E-state index in [0.29, 0.717) is 19.4 Å². The van der Waals surface area contributed by atoms with Crippen molar-refractivity contribution in [3.63, 3.8) is 0 Å². The maximum absolute atomic E-state index is 11.6. The fraction of sp³-hybridized carbons (Fsp3) is 0.692. The van der Waals surface area contributed by atoms with Crippen molar-refractivity contribution in [2.45, 2.75) is 46.1 Å². The van der Waals surface area contributed by atoms with Crippen LogP contribution in [0.15, 0.2) is 4.52 Å². The molecule has 0 aromatic carbocycles. The number of urea groups is 1. The number of hydrogen-bond acceptors (Lipinski definition) is 4. The largest absolute Gasteiger partial charge is 0.396 e. The smallest absolute Gasteiger partial charge is 0.315 e. The number of carbonyl (C=O) groups is 1. The zero-order valence-electron chi connectivity index (χ0n) is 11.8. The monoisotopic (exact) mass is 269 g/mol. The minimum atomic E-state index is -0.202. The van der Waals surface area contributed by atoms with E-state index in [2.05, 4.69) is 15.8 Å². The molecule has 3 N–H and O–H groups in total. The Kier molecular flexibility index (Phi) is 6.35. The third-order valence-corrected chi connectivity index (χ3v) is 3.15. The molecular formula is C13H23N3O3. The summed E-state index contributed by atoms with van der Waals surface area (Å²) in [5.74, 6) is 0.798. The third-order valence-electron chi connectivity index (χ3n) is 3.15. The van der Waals surface area contributed by atoms with Gasteiger partial charge in [0.15, 0.2) is 0 Å². The molecule has 1 heterocycles.